The number of nitrogens with two attached hydrogens (primary N) is 1. The van der Waals surface area contributed by atoms with Gasteiger partial charge in [0.15, 0.2) is 0 Å². The second kappa shape index (κ2) is 7.47. The summed E-state index contributed by atoms with van der Waals surface area (Å²) in [6, 6.07) is 6.15. The zero-order valence-electron chi connectivity index (χ0n) is 12.0. The van der Waals surface area contributed by atoms with Crippen LogP contribution in [0.4, 0.5) is 10.5 Å². The summed E-state index contributed by atoms with van der Waals surface area (Å²) < 4.78 is 0. The number of primary amides is 1. The lowest BCUT2D eigenvalue weighted by Crippen LogP contribution is -2.24. The number of hydrogen-bond acceptors (Lipinski definition) is 2. The first kappa shape index (κ1) is 15.1. The molecule has 21 heavy (non-hydrogen) atoms. The number of nitrogens with one attached hydrogen (secondary N) is 2. The average Bonchev–Trinajstić information content (AvgIpc) is 2.49. The van der Waals surface area contributed by atoms with Gasteiger partial charge in [0.1, 0.15) is 0 Å². The Balaban J connectivity index is 1.78. The molecular formula is C16H21N3O2. The van der Waals surface area contributed by atoms with Gasteiger partial charge in [-0.05, 0) is 43.0 Å². The van der Waals surface area contributed by atoms with Gasteiger partial charge in [-0.2, -0.15) is 0 Å². The van der Waals surface area contributed by atoms with Crippen LogP contribution in [0.15, 0.2) is 36.5 Å². The molecule has 0 aliphatic heterocycles. The SMILES string of the molecule is NC(=O)c1ccc(NC(=O)N/C=C/C2CCCCC2)cc1. The first-order valence-corrected chi connectivity index (χ1v) is 7.29. The minimum absolute atomic E-state index is 0.297. The lowest BCUT2D eigenvalue weighted by molar-refractivity contribution is 0.100. The third kappa shape index (κ3) is 4.95. The predicted octanol–water partition coefficient (Wildman–Crippen LogP) is 3.00. The van der Waals surface area contributed by atoms with E-state index in [1.807, 2.05) is 0 Å². The minimum atomic E-state index is -0.485. The number of anilines is 1. The van der Waals surface area contributed by atoms with Crippen LogP contribution in [-0.4, -0.2) is 11.9 Å². The Bertz CT molecular complexity index is 517. The molecule has 1 aliphatic carbocycles. The fourth-order valence-electron chi connectivity index (χ4n) is 2.47. The molecule has 4 N–H and O–H groups in total. The van der Waals surface area contributed by atoms with Gasteiger partial charge < -0.3 is 16.4 Å². The average molecular weight is 287 g/mol. The maximum Gasteiger partial charge on any atom is 0.323 e. The molecule has 0 aromatic heterocycles. The van der Waals surface area contributed by atoms with E-state index >= 15 is 0 Å². The zero-order valence-corrected chi connectivity index (χ0v) is 12.0. The standard InChI is InChI=1S/C16H21N3O2/c17-15(20)13-6-8-14(9-7-13)19-16(21)18-11-10-12-4-2-1-3-5-12/h6-12H,1-5H2,(H2,17,20)(H2,18,19,21)/b11-10+. The number of allylic oxidation sites excluding steroid dienone is 1. The fraction of sp³-hybridized carbons (Fsp3) is 0.375. The summed E-state index contributed by atoms with van der Waals surface area (Å²) in [4.78, 5) is 22.6. The van der Waals surface area contributed by atoms with Crippen molar-refractivity contribution in [3.05, 3.63) is 42.1 Å². The van der Waals surface area contributed by atoms with E-state index in [2.05, 4.69) is 16.7 Å². The van der Waals surface area contributed by atoms with Crippen molar-refractivity contribution in [2.75, 3.05) is 5.32 Å². The number of benzene rings is 1. The second-order valence-corrected chi connectivity index (χ2v) is 5.30. The van der Waals surface area contributed by atoms with Crippen molar-refractivity contribution in [3.63, 3.8) is 0 Å². The molecule has 3 amide bonds. The normalized spacial score (nSPS) is 15.8. The molecule has 1 saturated carbocycles. The monoisotopic (exact) mass is 287 g/mol. The molecule has 112 valence electrons. The van der Waals surface area contributed by atoms with E-state index < -0.39 is 5.91 Å². The van der Waals surface area contributed by atoms with E-state index in [9.17, 15) is 9.59 Å². The molecule has 1 aromatic carbocycles. The molecule has 2 rings (SSSR count). The highest BCUT2D eigenvalue weighted by atomic mass is 16.2. The van der Waals surface area contributed by atoms with Crippen LogP contribution in [0.5, 0.6) is 0 Å². The van der Waals surface area contributed by atoms with E-state index in [1.165, 1.54) is 32.1 Å². The van der Waals surface area contributed by atoms with Gasteiger partial charge >= 0.3 is 6.03 Å². The first-order valence-electron chi connectivity index (χ1n) is 7.29. The molecule has 0 saturated heterocycles. The predicted molar refractivity (Wildman–Crippen MR) is 82.8 cm³/mol. The number of rotatable bonds is 4. The van der Waals surface area contributed by atoms with Crippen LogP contribution in [0.3, 0.4) is 0 Å². The highest BCUT2D eigenvalue weighted by Gasteiger charge is 2.09. The van der Waals surface area contributed by atoms with E-state index in [0.717, 1.165) is 0 Å². The van der Waals surface area contributed by atoms with E-state index in [-0.39, 0.29) is 6.03 Å². The van der Waals surface area contributed by atoms with Gasteiger partial charge in [0.2, 0.25) is 5.91 Å². The van der Waals surface area contributed by atoms with Crippen LogP contribution in [0.25, 0.3) is 0 Å². The number of carbonyl (C=O) groups excluding carboxylic acids is 2. The third-order valence-electron chi connectivity index (χ3n) is 3.66. The zero-order chi connectivity index (χ0) is 15.1. The summed E-state index contributed by atoms with van der Waals surface area (Å²) in [5.41, 5.74) is 6.18. The van der Waals surface area contributed by atoms with Crippen molar-refractivity contribution in [1.29, 1.82) is 0 Å². The molecule has 0 bridgehead atoms. The van der Waals surface area contributed by atoms with Gasteiger partial charge in [-0.15, -0.1) is 0 Å². The minimum Gasteiger partial charge on any atom is -0.366 e. The van der Waals surface area contributed by atoms with Gasteiger partial charge in [-0.25, -0.2) is 4.79 Å². The van der Waals surface area contributed by atoms with Crippen molar-refractivity contribution < 1.29 is 9.59 Å². The Labute approximate surface area is 124 Å². The van der Waals surface area contributed by atoms with Crippen molar-refractivity contribution in [1.82, 2.24) is 5.32 Å². The van der Waals surface area contributed by atoms with Gasteiger partial charge in [-0.1, -0.05) is 25.3 Å². The van der Waals surface area contributed by atoms with Gasteiger partial charge in [0.25, 0.3) is 0 Å². The summed E-state index contributed by atoms with van der Waals surface area (Å²) in [6.45, 7) is 0. The molecular weight excluding hydrogens is 266 g/mol. The molecule has 1 fully saturated rings. The highest BCUT2D eigenvalue weighted by Crippen LogP contribution is 2.24. The summed E-state index contributed by atoms with van der Waals surface area (Å²) in [5, 5.41) is 5.39. The largest absolute Gasteiger partial charge is 0.366 e. The maximum absolute atomic E-state index is 11.7. The lowest BCUT2D eigenvalue weighted by atomic mass is 9.89. The van der Waals surface area contributed by atoms with Crippen molar-refractivity contribution in [2.45, 2.75) is 32.1 Å². The summed E-state index contributed by atoms with van der Waals surface area (Å²) in [6.07, 6.45) is 10.0. The fourth-order valence-corrected chi connectivity index (χ4v) is 2.47. The van der Waals surface area contributed by atoms with Crippen molar-refractivity contribution in [3.8, 4) is 0 Å². The number of carbonyl (C=O) groups is 2. The van der Waals surface area contributed by atoms with Gasteiger partial charge in [-0.3, -0.25) is 4.79 Å². The number of amides is 3. The van der Waals surface area contributed by atoms with Crippen LogP contribution in [-0.2, 0) is 0 Å². The summed E-state index contributed by atoms with van der Waals surface area (Å²) in [5.74, 6) is 0.0929. The Morgan fingerprint density at radius 2 is 1.76 bits per heavy atom. The molecule has 0 atom stereocenters. The molecule has 5 nitrogen and oxygen atoms in total. The Kier molecular flexibility index (Phi) is 5.37. The smallest absolute Gasteiger partial charge is 0.323 e. The molecule has 0 spiro atoms. The van der Waals surface area contributed by atoms with Crippen LogP contribution in [0, 0.1) is 5.92 Å². The van der Waals surface area contributed by atoms with Crippen LogP contribution < -0.4 is 16.4 Å². The second-order valence-electron chi connectivity index (χ2n) is 5.30. The summed E-state index contributed by atoms with van der Waals surface area (Å²) in [7, 11) is 0. The third-order valence-corrected chi connectivity index (χ3v) is 3.66. The highest BCUT2D eigenvalue weighted by molar-refractivity contribution is 5.94. The van der Waals surface area contributed by atoms with Crippen LogP contribution in [0.2, 0.25) is 0 Å². The van der Waals surface area contributed by atoms with E-state index in [1.54, 1.807) is 30.5 Å². The first-order chi connectivity index (χ1) is 10.1. The molecule has 1 aliphatic rings. The molecule has 5 heteroatoms. The summed E-state index contributed by atoms with van der Waals surface area (Å²) >= 11 is 0. The number of hydrogen-bond donors (Lipinski definition) is 3. The van der Waals surface area contributed by atoms with Gasteiger partial charge in [0.05, 0.1) is 0 Å². The van der Waals surface area contributed by atoms with Crippen molar-refractivity contribution in [2.24, 2.45) is 11.7 Å². The van der Waals surface area contributed by atoms with Crippen LogP contribution >= 0.6 is 0 Å². The quantitative estimate of drug-likeness (QED) is 0.795. The van der Waals surface area contributed by atoms with Crippen molar-refractivity contribution >= 4 is 17.6 Å². The van der Waals surface area contributed by atoms with E-state index in [4.69, 9.17) is 5.73 Å². The molecule has 1 aromatic rings. The Hall–Kier alpha value is -2.30. The number of urea groups is 1. The van der Waals surface area contributed by atoms with E-state index in [0.29, 0.717) is 17.2 Å². The van der Waals surface area contributed by atoms with Gasteiger partial charge in [0, 0.05) is 17.5 Å². The maximum atomic E-state index is 11.7. The molecule has 0 heterocycles. The topological polar surface area (TPSA) is 84.2 Å². The Morgan fingerprint density at radius 1 is 1.10 bits per heavy atom. The Morgan fingerprint density at radius 3 is 2.38 bits per heavy atom. The lowest BCUT2D eigenvalue weighted by Gasteiger charge is -2.17. The molecule has 0 radical (unpaired) electrons. The van der Waals surface area contributed by atoms with Crippen LogP contribution in [0.1, 0.15) is 42.5 Å². The molecule has 0 unspecified atom stereocenters.